The molecule has 1 aliphatic heterocycles. The van der Waals surface area contributed by atoms with Crippen LogP contribution in [-0.4, -0.2) is 28.2 Å². The van der Waals surface area contributed by atoms with E-state index in [1.165, 1.54) is 17.8 Å². The molecule has 0 fully saturated rings. The number of hydrogen-bond acceptors (Lipinski definition) is 3. The smallest absolute Gasteiger partial charge is 0.318 e. The van der Waals surface area contributed by atoms with Gasteiger partial charge in [-0.3, -0.25) is 4.98 Å². The van der Waals surface area contributed by atoms with Crippen LogP contribution in [0.15, 0.2) is 47.5 Å². The Morgan fingerprint density at radius 1 is 1.38 bits per heavy atom. The second-order valence-electron chi connectivity index (χ2n) is 5.63. The first-order valence-electron chi connectivity index (χ1n) is 8.05. The van der Waals surface area contributed by atoms with Crippen LogP contribution in [0.4, 0.5) is 9.18 Å². The highest BCUT2D eigenvalue weighted by Gasteiger charge is 2.26. The SMILES string of the molecule is CCN(Cc1ccccn1)C(=O)N[C@@H]1CCSc2c(F)cccc21. The molecule has 2 aromatic rings. The quantitative estimate of drug-likeness (QED) is 0.911. The maximum absolute atomic E-state index is 13.9. The molecule has 1 aromatic carbocycles. The van der Waals surface area contributed by atoms with E-state index in [4.69, 9.17) is 0 Å². The zero-order valence-corrected chi connectivity index (χ0v) is 14.4. The number of fused-ring (bicyclic) bond motifs is 1. The molecule has 0 saturated carbocycles. The number of rotatable bonds is 4. The molecule has 24 heavy (non-hydrogen) atoms. The van der Waals surface area contributed by atoms with Crippen LogP contribution in [-0.2, 0) is 6.54 Å². The van der Waals surface area contributed by atoms with E-state index in [0.717, 1.165) is 23.4 Å². The van der Waals surface area contributed by atoms with Crippen LogP contribution in [0.2, 0.25) is 0 Å². The van der Waals surface area contributed by atoms with Crippen molar-refractivity contribution in [1.29, 1.82) is 0 Å². The zero-order chi connectivity index (χ0) is 16.9. The van der Waals surface area contributed by atoms with Crippen LogP contribution in [0.3, 0.4) is 0 Å². The second kappa shape index (κ2) is 7.66. The Morgan fingerprint density at radius 2 is 2.25 bits per heavy atom. The Balaban J connectivity index is 1.71. The number of benzene rings is 1. The molecule has 4 nitrogen and oxygen atoms in total. The van der Waals surface area contributed by atoms with Crippen LogP contribution >= 0.6 is 11.8 Å². The van der Waals surface area contributed by atoms with Crippen LogP contribution < -0.4 is 5.32 Å². The van der Waals surface area contributed by atoms with Gasteiger partial charge in [-0.15, -0.1) is 11.8 Å². The average Bonchev–Trinajstić information content (AvgIpc) is 2.61. The summed E-state index contributed by atoms with van der Waals surface area (Å²) in [5, 5.41) is 3.05. The largest absolute Gasteiger partial charge is 0.331 e. The van der Waals surface area contributed by atoms with Gasteiger partial charge < -0.3 is 10.2 Å². The van der Waals surface area contributed by atoms with Crippen molar-refractivity contribution < 1.29 is 9.18 Å². The third-order valence-electron chi connectivity index (χ3n) is 4.07. The zero-order valence-electron chi connectivity index (χ0n) is 13.5. The lowest BCUT2D eigenvalue weighted by Crippen LogP contribution is -2.42. The summed E-state index contributed by atoms with van der Waals surface area (Å²) in [7, 11) is 0. The maximum Gasteiger partial charge on any atom is 0.318 e. The van der Waals surface area contributed by atoms with E-state index in [-0.39, 0.29) is 17.9 Å². The summed E-state index contributed by atoms with van der Waals surface area (Å²) in [6.07, 6.45) is 2.52. The number of nitrogens with zero attached hydrogens (tertiary/aromatic N) is 2. The van der Waals surface area contributed by atoms with Crippen molar-refractivity contribution in [3.8, 4) is 0 Å². The fourth-order valence-electron chi connectivity index (χ4n) is 2.79. The van der Waals surface area contributed by atoms with Crippen LogP contribution in [0.5, 0.6) is 0 Å². The molecule has 1 atom stereocenters. The molecule has 0 spiro atoms. The Morgan fingerprint density at radius 3 is 3.00 bits per heavy atom. The van der Waals surface area contributed by atoms with Crippen molar-refractivity contribution in [2.24, 2.45) is 0 Å². The van der Waals surface area contributed by atoms with Crippen LogP contribution in [0, 0.1) is 5.82 Å². The molecule has 2 heterocycles. The maximum atomic E-state index is 13.9. The third-order valence-corrected chi connectivity index (χ3v) is 5.23. The summed E-state index contributed by atoms with van der Waals surface area (Å²) in [5.74, 6) is 0.586. The minimum atomic E-state index is -0.211. The highest BCUT2D eigenvalue weighted by atomic mass is 32.2. The summed E-state index contributed by atoms with van der Waals surface area (Å²) in [4.78, 5) is 19.3. The number of halogens is 1. The van der Waals surface area contributed by atoms with Gasteiger partial charge in [0.25, 0.3) is 0 Å². The van der Waals surface area contributed by atoms with Crippen LogP contribution in [0.25, 0.3) is 0 Å². The lowest BCUT2D eigenvalue weighted by atomic mass is 10.0. The van der Waals surface area contributed by atoms with Gasteiger partial charge in [-0.1, -0.05) is 18.2 Å². The Hall–Kier alpha value is -2.08. The van der Waals surface area contributed by atoms with Crippen LogP contribution in [0.1, 0.15) is 30.6 Å². The number of aromatic nitrogens is 1. The molecule has 0 unspecified atom stereocenters. The van der Waals surface area contributed by atoms with Crippen molar-refractivity contribution in [3.63, 3.8) is 0 Å². The molecular weight excluding hydrogens is 325 g/mol. The first-order valence-corrected chi connectivity index (χ1v) is 9.04. The van der Waals surface area contributed by atoms with Gasteiger partial charge in [-0.05, 0) is 37.1 Å². The number of nitrogens with one attached hydrogen (secondary N) is 1. The predicted octanol–water partition coefficient (Wildman–Crippen LogP) is 3.99. The third kappa shape index (κ3) is 3.70. The van der Waals surface area contributed by atoms with Crippen molar-refractivity contribution >= 4 is 17.8 Å². The first kappa shape index (κ1) is 16.8. The Labute approximate surface area is 145 Å². The van der Waals surface area contributed by atoms with Crippen molar-refractivity contribution in [3.05, 3.63) is 59.7 Å². The van der Waals surface area contributed by atoms with Crippen molar-refractivity contribution in [2.45, 2.75) is 30.8 Å². The Bertz CT molecular complexity index is 711. The molecule has 0 aliphatic carbocycles. The topological polar surface area (TPSA) is 45.2 Å². The molecule has 1 aliphatic rings. The van der Waals surface area contributed by atoms with E-state index >= 15 is 0 Å². The molecule has 126 valence electrons. The van der Waals surface area contributed by atoms with Crippen molar-refractivity contribution in [1.82, 2.24) is 15.2 Å². The van der Waals surface area contributed by atoms with E-state index in [0.29, 0.717) is 18.0 Å². The number of carbonyl (C=O) groups is 1. The molecule has 0 bridgehead atoms. The predicted molar refractivity (Wildman–Crippen MR) is 93.3 cm³/mol. The average molecular weight is 345 g/mol. The van der Waals surface area contributed by atoms with Gasteiger partial charge in [-0.25, -0.2) is 9.18 Å². The number of amides is 2. The molecule has 2 amide bonds. The van der Waals surface area contributed by atoms with Gasteiger partial charge in [0.15, 0.2) is 0 Å². The summed E-state index contributed by atoms with van der Waals surface area (Å²) in [6.45, 7) is 2.98. The normalized spacial score (nSPS) is 16.3. The van der Waals surface area contributed by atoms with E-state index < -0.39 is 0 Å². The molecule has 6 heteroatoms. The number of thioether (sulfide) groups is 1. The standard InChI is InChI=1S/C18H20FN3OS/c1-2-22(12-13-6-3-4-10-20-13)18(23)21-16-9-11-24-17-14(16)7-5-8-15(17)19/h3-8,10,16H,2,9,11-12H2,1H3,(H,21,23)/t16-/m1/s1. The number of urea groups is 1. The second-order valence-corrected chi connectivity index (χ2v) is 6.74. The molecule has 1 aromatic heterocycles. The lowest BCUT2D eigenvalue weighted by molar-refractivity contribution is 0.192. The summed E-state index contributed by atoms with van der Waals surface area (Å²) in [5.41, 5.74) is 1.72. The van der Waals surface area contributed by atoms with Gasteiger partial charge in [-0.2, -0.15) is 0 Å². The van der Waals surface area contributed by atoms with E-state index in [2.05, 4.69) is 10.3 Å². The van der Waals surface area contributed by atoms with Gasteiger partial charge in [0.05, 0.1) is 18.3 Å². The van der Waals surface area contributed by atoms with Gasteiger partial charge >= 0.3 is 6.03 Å². The fraction of sp³-hybridized carbons (Fsp3) is 0.333. The summed E-state index contributed by atoms with van der Waals surface area (Å²) < 4.78 is 13.9. The molecule has 1 N–H and O–H groups in total. The monoisotopic (exact) mass is 345 g/mol. The highest BCUT2D eigenvalue weighted by molar-refractivity contribution is 7.99. The summed E-state index contributed by atoms with van der Waals surface area (Å²) in [6, 6.07) is 10.4. The van der Waals surface area contributed by atoms with Crippen molar-refractivity contribution in [2.75, 3.05) is 12.3 Å². The number of pyridine rings is 1. The minimum Gasteiger partial charge on any atom is -0.331 e. The molecule has 0 saturated heterocycles. The minimum absolute atomic E-state index is 0.143. The number of carbonyl (C=O) groups excluding carboxylic acids is 1. The van der Waals surface area contributed by atoms with E-state index in [1.807, 2.05) is 31.2 Å². The van der Waals surface area contributed by atoms with Gasteiger partial charge in [0, 0.05) is 23.4 Å². The molecule has 3 rings (SSSR count). The van der Waals surface area contributed by atoms with Gasteiger partial charge in [0.2, 0.25) is 0 Å². The molecular formula is C18H20FN3OS. The molecule has 0 radical (unpaired) electrons. The first-order chi connectivity index (χ1) is 11.7. The summed E-state index contributed by atoms with van der Waals surface area (Å²) >= 11 is 1.51. The Kier molecular flexibility index (Phi) is 5.35. The lowest BCUT2D eigenvalue weighted by Gasteiger charge is -2.29. The number of hydrogen-bond donors (Lipinski definition) is 1. The van der Waals surface area contributed by atoms with E-state index in [9.17, 15) is 9.18 Å². The fourth-order valence-corrected chi connectivity index (χ4v) is 3.93. The highest BCUT2D eigenvalue weighted by Crippen LogP contribution is 2.37. The van der Waals surface area contributed by atoms with E-state index in [1.54, 1.807) is 17.2 Å². The van der Waals surface area contributed by atoms with Gasteiger partial charge in [0.1, 0.15) is 5.82 Å².